The number of para-hydroxylation sites is 1. The molecule has 1 fully saturated rings. The molecule has 1 aromatic heterocycles. The normalized spacial score (nSPS) is 20.5. The number of rotatable bonds is 4. The van der Waals surface area contributed by atoms with Gasteiger partial charge < -0.3 is 4.90 Å². The van der Waals surface area contributed by atoms with E-state index in [1.807, 2.05) is 32.0 Å². The highest BCUT2D eigenvalue weighted by atomic mass is 32.1. The second-order valence-corrected chi connectivity index (χ2v) is 8.16. The Morgan fingerprint density at radius 2 is 1.92 bits per heavy atom. The number of carbonyl (C=O) groups excluding carboxylic acids is 1. The lowest BCUT2D eigenvalue weighted by atomic mass is 9.99. The number of quaternary nitrogens is 1. The maximum atomic E-state index is 12.4. The summed E-state index contributed by atoms with van der Waals surface area (Å²) in [6, 6.07) is 6.12. The largest absolute Gasteiger partial charge is 0.330 e. The molecule has 1 amide bonds. The van der Waals surface area contributed by atoms with Crippen LogP contribution in [0.4, 0.5) is 10.8 Å². The molecule has 0 spiro atoms. The van der Waals surface area contributed by atoms with E-state index in [1.54, 1.807) is 28.1 Å². The summed E-state index contributed by atoms with van der Waals surface area (Å²) in [6.07, 6.45) is 2.60. The highest BCUT2D eigenvalue weighted by molar-refractivity contribution is 7.14. The number of likely N-dealkylation sites (tertiary alicyclic amines) is 1. The quantitative estimate of drug-likeness (QED) is 0.911. The molecule has 0 saturated carbocycles. The van der Waals surface area contributed by atoms with Crippen molar-refractivity contribution in [2.24, 2.45) is 5.92 Å². The summed E-state index contributed by atoms with van der Waals surface area (Å²) in [5, 5.41) is 2.90. The van der Waals surface area contributed by atoms with Crippen molar-refractivity contribution in [2.45, 2.75) is 47.1 Å². The average molecular weight is 359 g/mol. The molecule has 1 N–H and O–H groups in total. The fourth-order valence-electron chi connectivity index (χ4n) is 3.63. The number of nitrogens with zero attached hydrogens (tertiary/aromatic N) is 2. The molecule has 25 heavy (non-hydrogen) atoms. The van der Waals surface area contributed by atoms with Gasteiger partial charge in [-0.1, -0.05) is 25.1 Å². The lowest BCUT2D eigenvalue weighted by molar-refractivity contribution is -0.920. The molecule has 3 rings (SSSR count). The van der Waals surface area contributed by atoms with Gasteiger partial charge in [0.2, 0.25) is 5.91 Å². The summed E-state index contributed by atoms with van der Waals surface area (Å²) >= 11 is 1.57. The predicted octanol–water partition coefficient (Wildman–Crippen LogP) is 3.26. The van der Waals surface area contributed by atoms with Crippen LogP contribution in [0.1, 0.15) is 43.5 Å². The van der Waals surface area contributed by atoms with Gasteiger partial charge in [0.1, 0.15) is 12.2 Å². The van der Waals surface area contributed by atoms with E-state index in [2.05, 4.69) is 12.3 Å². The Labute approximate surface area is 154 Å². The lowest BCUT2D eigenvalue weighted by Crippen LogP contribution is -3.11. The van der Waals surface area contributed by atoms with Crippen LogP contribution in [0.25, 0.3) is 0 Å². The zero-order chi connectivity index (χ0) is 18.0. The van der Waals surface area contributed by atoms with Gasteiger partial charge in [-0.25, -0.2) is 4.98 Å². The van der Waals surface area contributed by atoms with Gasteiger partial charge >= 0.3 is 0 Å². The van der Waals surface area contributed by atoms with Crippen molar-refractivity contribution in [1.82, 2.24) is 4.98 Å². The van der Waals surface area contributed by atoms with E-state index < -0.39 is 0 Å². The third-order valence-electron chi connectivity index (χ3n) is 5.12. The van der Waals surface area contributed by atoms with Gasteiger partial charge in [-0.2, -0.15) is 0 Å². The van der Waals surface area contributed by atoms with Crippen molar-refractivity contribution in [3.8, 4) is 0 Å². The highest BCUT2D eigenvalue weighted by Gasteiger charge is 2.24. The van der Waals surface area contributed by atoms with Crippen LogP contribution in [0.15, 0.2) is 23.6 Å². The predicted molar refractivity (Wildman–Crippen MR) is 104 cm³/mol. The Morgan fingerprint density at radius 3 is 2.52 bits per heavy atom. The van der Waals surface area contributed by atoms with E-state index >= 15 is 0 Å². The Morgan fingerprint density at radius 1 is 1.28 bits per heavy atom. The van der Waals surface area contributed by atoms with E-state index in [0.717, 1.165) is 40.1 Å². The Balaban J connectivity index is 1.82. The molecule has 1 saturated heterocycles. The second-order valence-electron chi connectivity index (χ2n) is 7.33. The summed E-state index contributed by atoms with van der Waals surface area (Å²) in [4.78, 5) is 20.6. The Kier molecular flexibility index (Phi) is 5.54. The maximum Gasteiger partial charge on any atom is 0.230 e. The third-order valence-corrected chi connectivity index (χ3v) is 6.00. The highest BCUT2D eigenvalue weighted by Crippen LogP contribution is 2.33. The first-order valence-corrected chi connectivity index (χ1v) is 9.98. The van der Waals surface area contributed by atoms with Crippen LogP contribution in [0.2, 0.25) is 0 Å². The minimum Gasteiger partial charge on any atom is -0.330 e. The minimum atomic E-state index is 0.0115. The van der Waals surface area contributed by atoms with Crippen LogP contribution in [0, 0.1) is 19.8 Å². The lowest BCUT2D eigenvalue weighted by Gasteiger charge is -2.26. The first kappa shape index (κ1) is 18.1. The van der Waals surface area contributed by atoms with Gasteiger partial charge in [0.15, 0.2) is 5.13 Å². The molecule has 1 aliphatic heterocycles. The van der Waals surface area contributed by atoms with E-state index in [9.17, 15) is 4.79 Å². The first-order chi connectivity index (χ1) is 12.0. The topological polar surface area (TPSA) is 37.6 Å². The number of benzene rings is 1. The fourth-order valence-corrected chi connectivity index (χ4v) is 4.50. The van der Waals surface area contributed by atoms with Gasteiger partial charge in [-0.3, -0.25) is 9.69 Å². The van der Waals surface area contributed by atoms with Crippen LogP contribution < -0.4 is 9.80 Å². The standard InChI is InChI=1S/C20H27N3OS/c1-14-8-10-22(11-9-14)12-18-13-25-20(21-18)23(17(4)24)19-15(2)6-5-7-16(19)3/h5-7,13-14H,8-12H2,1-4H3/p+1. The zero-order valence-corrected chi connectivity index (χ0v) is 16.4. The number of nitrogens with one attached hydrogen (secondary N) is 1. The van der Waals surface area contributed by atoms with Crippen molar-refractivity contribution in [2.75, 3.05) is 18.0 Å². The summed E-state index contributed by atoms with van der Waals surface area (Å²) < 4.78 is 0. The molecular weight excluding hydrogens is 330 g/mol. The van der Waals surface area contributed by atoms with E-state index in [1.165, 1.54) is 25.9 Å². The number of carbonyl (C=O) groups is 1. The zero-order valence-electron chi connectivity index (χ0n) is 15.6. The van der Waals surface area contributed by atoms with Gasteiger partial charge in [-0.05, 0) is 43.7 Å². The van der Waals surface area contributed by atoms with Crippen molar-refractivity contribution in [3.63, 3.8) is 0 Å². The van der Waals surface area contributed by atoms with Crippen LogP contribution in [-0.4, -0.2) is 24.0 Å². The molecule has 0 atom stereocenters. The van der Waals surface area contributed by atoms with Crippen molar-refractivity contribution in [3.05, 3.63) is 40.4 Å². The number of aromatic nitrogens is 1. The average Bonchev–Trinajstić information content (AvgIpc) is 3.01. The number of aryl methyl sites for hydroxylation is 2. The molecule has 2 heterocycles. The van der Waals surface area contributed by atoms with Gasteiger partial charge in [0.05, 0.1) is 18.8 Å². The fraction of sp³-hybridized carbons (Fsp3) is 0.500. The van der Waals surface area contributed by atoms with Crippen LogP contribution in [-0.2, 0) is 11.3 Å². The Bertz CT molecular complexity index is 727. The van der Waals surface area contributed by atoms with E-state index in [0.29, 0.717) is 0 Å². The van der Waals surface area contributed by atoms with E-state index in [4.69, 9.17) is 4.98 Å². The molecule has 0 bridgehead atoms. The van der Waals surface area contributed by atoms with Crippen LogP contribution in [0.3, 0.4) is 0 Å². The molecule has 5 heteroatoms. The molecule has 0 unspecified atom stereocenters. The molecule has 4 nitrogen and oxygen atoms in total. The van der Waals surface area contributed by atoms with Gasteiger partial charge in [0, 0.05) is 12.3 Å². The monoisotopic (exact) mass is 358 g/mol. The first-order valence-electron chi connectivity index (χ1n) is 9.10. The number of hydrogen-bond donors (Lipinski definition) is 1. The van der Waals surface area contributed by atoms with Crippen molar-refractivity contribution < 1.29 is 9.69 Å². The SMILES string of the molecule is CC(=O)N(c1nc(C[NH+]2CCC(C)CC2)cs1)c1c(C)cccc1C. The maximum absolute atomic E-state index is 12.4. The summed E-state index contributed by atoms with van der Waals surface area (Å²) in [6.45, 7) is 11.5. The molecule has 0 aliphatic carbocycles. The van der Waals surface area contributed by atoms with Crippen molar-refractivity contribution in [1.29, 1.82) is 0 Å². The third kappa shape index (κ3) is 4.10. The summed E-state index contributed by atoms with van der Waals surface area (Å²) in [7, 11) is 0. The number of piperidine rings is 1. The molecule has 1 aliphatic rings. The molecular formula is C20H28N3OS+. The van der Waals surface area contributed by atoms with Gasteiger partial charge in [0.25, 0.3) is 0 Å². The van der Waals surface area contributed by atoms with E-state index in [-0.39, 0.29) is 5.91 Å². The second kappa shape index (κ2) is 7.67. The number of anilines is 2. The van der Waals surface area contributed by atoms with Crippen molar-refractivity contribution >= 4 is 28.1 Å². The molecule has 0 radical (unpaired) electrons. The smallest absolute Gasteiger partial charge is 0.230 e. The summed E-state index contributed by atoms with van der Waals surface area (Å²) in [5.41, 5.74) is 4.27. The van der Waals surface area contributed by atoms with Gasteiger partial charge in [-0.15, -0.1) is 11.3 Å². The Hall–Kier alpha value is -1.72. The molecule has 134 valence electrons. The number of hydrogen-bond acceptors (Lipinski definition) is 3. The molecule has 1 aromatic carbocycles. The molecule has 2 aromatic rings. The van der Waals surface area contributed by atoms with Crippen LogP contribution in [0.5, 0.6) is 0 Å². The number of thiazole rings is 1. The minimum absolute atomic E-state index is 0.0115. The van der Waals surface area contributed by atoms with Crippen LogP contribution >= 0.6 is 11.3 Å². The summed E-state index contributed by atoms with van der Waals surface area (Å²) in [5.74, 6) is 0.865. The number of amides is 1.